The Labute approximate surface area is 275 Å². The van der Waals surface area contributed by atoms with Crippen LogP contribution in [0.2, 0.25) is 0 Å². The highest BCUT2D eigenvalue weighted by Crippen LogP contribution is 2.46. The molecule has 0 aliphatic carbocycles. The second kappa shape index (κ2) is 10.3. The van der Waals surface area contributed by atoms with E-state index >= 15 is 0 Å². The molecule has 0 saturated carbocycles. The second-order valence-corrected chi connectivity index (χ2v) is 13.2. The Bertz CT molecular complexity index is 2820. The molecule has 2 aromatic heterocycles. The summed E-state index contributed by atoms with van der Waals surface area (Å²) < 4.78 is 9.23. The average Bonchev–Trinajstić information content (AvgIpc) is 3.70. The molecule has 10 rings (SSSR count). The number of anilines is 3. The van der Waals surface area contributed by atoms with E-state index in [1.807, 2.05) is 11.3 Å². The molecule has 8 aromatic carbocycles. The molecule has 0 atom stereocenters. The van der Waals surface area contributed by atoms with Crippen molar-refractivity contribution in [3.05, 3.63) is 164 Å². The maximum absolute atomic E-state index is 6.65. The monoisotopic (exact) mass is 617 g/mol. The van der Waals surface area contributed by atoms with Gasteiger partial charge in [-0.15, -0.1) is 11.3 Å². The maximum atomic E-state index is 6.65. The van der Waals surface area contributed by atoms with Crippen molar-refractivity contribution in [2.24, 2.45) is 0 Å². The van der Waals surface area contributed by atoms with Crippen molar-refractivity contribution in [1.29, 1.82) is 0 Å². The predicted octanol–water partition coefficient (Wildman–Crippen LogP) is 13.4. The third-order valence-electron chi connectivity index (χ3n) is 9.41. The van der Waals surface area contributed by atoms with Crippen molar-refractivity contribution in [3.63, 3.8) is 0 Å². The molecule has 47 heavy (non-hydrogen) atoms. The number of furan rings is 1. The lowest BCUT2D eigenvalue weighted by molar-refractivity contribution is 0.672. The van der Waals surface area contributed by atoms with Gasteiger partial charge in [0.2, 0.25) is 0 Å². The maximum Gasteiger partial charge on any atom is 0.143 e. The van der Waals surface area contributed by atoms with Crippen LogP contribution < -0.4 is 4.90 Å². The zero-order valence-corrected chi connectivity index (χ0v) is 26.2. The Morgan fingerprint density at radius 1 is 0.426 bits per heavy atom. The average molecular weight is 618 g/mol. The van der Waals surface area contributed by atoms with E-state index in [2.05, 4.69) is 169 Å². The molecule has 2 nitrogen and oxygen atoms in total. The summed E-state index contributed by atoms with van der Waals surface area (Å²) in [4.78, 5) is 2.40. The molecule has 2 heterocycles. The third-order valence-corrected chi connectivity index (χ3v) is 10.5. The van der Waals surface area contributed by atoms with E-state index in [4.69, 9.17) is 4.42 Å². The van der Waals surface area contributed by atoms with Crippen molar-refractivity contribution in [2.75, 3.05) is 4.90 Å². The van der Waals surface area contributed by atoms with E-state index in [0.29, 0.717) is 0 Å². The van der Waals surface area contributed by atoms with E-state index in [0.717, 1.165) is 44.4 Å². The SMILES string of the molecule is c1cc(-c2ccc3ccccc3c2)cc(N(c2ccc3c(c2)sc2ccccc23)c2cccc3oc4c5ccccc5ccc4c23)c1. The molecule has 0 saturated heterocycles. The molecule has 10 aromatic rings. The van der Waals surface area contributed by atoms with Crippen LogP contribution in [-0.2, 0) is 0 Å². The Kier molecular flexibility index (Phi) is 5.78. The van der Waals surface area contributed by atoms with E-state index in [9.17, 15) is 0 Å². The van der Waals surface area contributed by atoms with Crippen molar-refractivity contribution in [2.45, 2.75) is 0 Å². The summed E-state index contributed by atoms with van der Waals surface area (Å²) in [5.41, 5.74) is 7.48. The summed E-state index contributed by atoms with van der Waals surface area (Å²) in [6.45, 7) is 0. The summed E-state index contributed by atoms with van der Waals surface area (Å²) in [6.07, 6.45) is 0. The number of rotatable bonds is 4. The van der Waals surface area contributed by atoms with Crippen LogP contribution in [0.1, 0.15) is 0 Å². The highest BCUT2D eigenvalue weighted by Gasteiger charge is 2.21. The van der Waals surface area contributed by atoms with Crippen LogP contribution in [-0.4, -0.2) is 0 Å². The van der Waals surface area contributed by atoms with Crippen molar-refractivity contribution >= 4 is 92.1 Å². The first-order chi connectivity index (χ1) is 23.3. The lowest BCUT2D eigenvalue weighted by atomic mass is 10.00. The number of benzene rings is 8. The van der Waals surface area contributed by atoms with Gasteiger partial charge >= 0.3 is 0 Å². The number of thiophene rings is 1. The first kappa shape index (κ1) is 26.3. The Balaban J connectivity index is 1.23. The van der Waals surface area contributed by atoms with Gasteiger partial charge in [0.15, 0.2) is 0 Å². The molecule has 0 aliphatic rings. The van der Waals surface area contributed by atoms with E-state index < -0.39 is 0 Å². The summed E-state index contributed by atoms with van der Waals surface area (Å²) in [7, 11) is 0. The fourth-order valence-corrected chi connectivity index (χ4v) is 8.33. The third kappa shape index (κ3) is 4.17. The normalized spacial score (nSPS) is 11.8. The van der Waals surface area contributed by atoms with Crippen LogP contribution in [0.3, 0.4) is 0 Å². The van der Waals surface area contributed by atoms with Crippen molar-refractivity contribution in [3.8, 4) is 11.1 Å². The summed E-state index contributed by atoms with van der Waals surface area (Å²) in [5, 5.41) is 9.62. The molecular weight excluding hydrogens is 591 g/mol. The molecule has 0 spiro atoms. The molecule has 0 N–H and O–H groups in total. The lowest BCUT2D eigenvalue weighted by Gasteiger charge is -2.27. The molecule has 0 amide bonds. The minimum Gasteiger partial charge on any atom is -0.455 e. The Morgan fingerprint density at radius 2 is 1.13 bits per heavy atom. The van der Waals surface area contributed by atoms with Gasteiger partial charge in [0.05, 0.1) is 11.1 Å². The first-order valence-electron chi connectivity index (χ1n) is 15.9. The van der Waals surface area contributed by atoms with Crippen LogP contribution in [0, 0.1) is 0 Å². The molecular formula is C44H27NOS. The van der Waals surface area contributed by atoms with Gasteiger partial charge in [-0.1, -0.05) is 109 Å². The Hall–Kier alpha value is -5.90. The highest BCUT2D eigenvalue weighted by atomic mass is 32.1. The summed E-state index contributed by atoms with van der Waals surface area (Å²) in [6, 6.07) is 59.1. The van der Waals surface area contributed by atoms with Crippen LogP contribution in [0.25, 0.3) is 74.8 Å². The molecule has 0 aliphatic heterocycles. The lowest BCUT2D eigenvalue weighted by Crippen LogP contribution is -2.10. The number of hydrogen-bond acceptors (Lipinski definition) is 3. The molecule has 0 fully saturated rings. The number of nitrogens with zero attached hydrogens (tertiary/aromatic N) is 1. The van der Waals surface area contributed by atoms with Gasteiger partial charge in [-0.2, -0.15) is 0 Å². The van der Waals surface area contributed by atoms with Gasteiger partial charge in [-0.25, -0.2) is 0 Å². The van der Waals surface area contributed by atoms with Crippen LogP contribution in [0.4, 0.5) is 17.1 Å². The van der Waals surface area contributed by atoms with Gasteiger partial charge in [0.1, 0.15) is 11.2 Å². The fourth-order valence-electron chi connectivity index (χ4n) is 7.20. The van der Waals surface area contributed by atoms with Crippen molar-refractivity contribution in [1.82, 2.24) is 0 Å². The zero-order chi connectivity index (χ0) is 30.9. The standard InChI is InChI=1S/C44H27NOS/c1-2-11-30-25-32(20-19-28(30)9-1)31-12-7-13-33(26-31)45(34-22-24-37-36-15-5-6-18-41(36)47-42(37)27-34)39-16-8-17-40-43(39)38-23-21-29-10-3-4-14-35(29)44(38)46-40/h1-27H. The first-order valence-corrected chi connectivity index (χ1v) is 16.7. The van der Waals surface area contributed by atoms with Gasteiger partial charge in [-0.05, 0) is 81.9 Å². The van der Waals surface area contributed by atoms with Crippen LogP contribution in [0.5, 0.6) is 0 Å². The number of hydrogen-bond donors (Lipinski definition) is 0. The van der Waals surface area contributed by atoms with Gasteiger partial charge in [0.25, 0.3) is 0 Å². The van der Waals surface area contributed by atoms with Crippen LogP contribution in [0.15, 0.2) is 168 Å². The second-order valence-electron chi connectivity index (χ2n) is 12.1. The largest absolute Gasteiger partial charge is 0.455 e. The smallest absolute Gasteiger partial charge is 0.143 e. The predicted molar refractivity (Wildman–Crippen MR) is 202 cm³/mol. The summed E-state index contributed by atoms with van der Waals surface area (Å²) >= 11 is 1.85. The molecule has 220 valence electrons. The molecule has 0 unspecified atom stereocenters. The van der Waals surface area contributed by atoms with Crippen LogP contribution >= 0.6 is 11.3 Å². The topological polar surface area (TPSA) is 16.4 Å². The molecule has 3 heteroatoms. The Morgan fingerprint density at radius 3 is 2.06 bits per heavy atom. The van der Waals surface area contributed by atoms with E-state index in [1.165, 1.54) is 47.5 Å². The molecule has 0 bridgehead atoms. The highest BCUT2D eigenvalue weighted by molar-refractivity contribution is 7.25. The summed E-state index contributed by atoms with van der Waals surface area (Å²) in [5.74, 6) is 0. The zero-order valence-electron chi connectivity index (χ0n) is 25.4. The van der Waals surface area contributed by atoms with Gasteiger partial charge in [0, 0.05) is 42.3 Å². The van der Waals surface area contributed by atoms with E-state index in [-0.39, 0.29) is 0 Å². The number of fused-ring (bicyclic) bond motifs is 9. The van der Waals surface area contributed by atoms with Gasteiger partial charge in [-0.3, -0.25) is 0 Å². The minimum absolute atomic E-state index is 0.882. The van der Waals surface area contributed by atoms with Crippen molar-refractivity contribution < 1.29 is 4.42 Å². The molecule has 0 radical (unpaired) electrons. The van der Waals surface area contributed by atoms with E-state index in [1.54, 1.807) is 0 Å². The quantitative estimate of drug-likeness (QED) is 0.195. The minimum atomic E-state index is 0.882. The fraction of sp³-hybridized carbons (Fsp3) is 0. The van der Waals surface area contributed by atoms with Gasteiger partial charge < -0.3 is 9.32 Å².